The Hall–Kier alpha value is -3.35. The number of hydrogen-bond acceptors (Lipinski definition) is 4. The third-order valence-electron chi connectivity index (χ3n) is 6.80. The summed E-state index contributed by atoms with van der Waals surface area (Å²) in [4.78, 5) is 35.6. The number of amides is 2. The molecule has 1 fully saturated rings. The van der Waals surface area contributed by atoms with Crippen LogP contribution in [-0.4, -0.2) is 42.3 Å². The topological polar surface area (TPSA) is 105 Å². The largest absolute Gasteiger partial charge is 0.481 e. The van der Waals surface area contributed by atoms with E-state index in [1.54, 1.807) is 0 Å². The van der Waals surface area contributed by atoms with Crippen molar-refractivity contribution in [1.29, 1.82) is 0 Å². The lowest BCUT2D eigenvalue weighted by Gasteiger charge is -2.18. The van der Waals surface area contributed by atoms with Crippen LogP contribution in [0.4, 0.5) is 4.79 Å². The summed E-state index contributed by atoms with van der Waals surface area (Å²) in [6.07, 6.45) is 2.40. The fraction of sp³-hybridized carbons (Fsp3) is 0.444. The van der Waals surface area contributed by atoms with E-state index in [4.69, 9.17) is 9.84 Å². The summed E-state index contributed by atoms with van der Waals surface area (Å²) in [7, 11) is 0. The first-order chi connectivity index (χ1) is 16.4. The molecule has 0 saturated heterocycles. The van der Waals surface area contributed by atoms with E-state index in [1.165, 1.54) is 11.1 Å². The van der Waals surface area contributed by atoms with Gasteiger partial charge in [-0.1, -0.05) is 48.5 Å². The van der Waals surface area contributed by atoms with Crippen LogP contribution in [0, 0.1) is 11.8 Å². The minimum absolute atomic E-state index is 0.00201. The summed E-state index contributed by atoms with van der Waals surface area (Å²) in [5.41, 5.74) is 4.68. The number of alkyl carbamates (subject to hydrolysis) is 1. The summed E-state index contributed by atoms with van der Waals surface area (Å²) in [6.45, 7) is 2.48. The number of nitrogens with one attached hydrogen (secondary N) is 2. The van der Waals surface area contributed by atoms with Gasteiger partial charge in [-0.25, -0.2) is 4.79 Å². The lowest BCUT2D eigenvalue weighted by atomic mass is 9.98. The van der Waals surface area contributed by atoms with Crippen molar-refractivity contribution < 1.29 is 24.2 Å². The molecule has 34 heavy (non-hydrogen) atoms. The Kier molecular flexibility index (Phi) is 7.50. The zero-order valence-corrected chi connectivity index (χ0v) is 19.5. The lowest BCUT2D eigenvalue weighted by Crippen LogP contribution is -2.36. The Morgan fingerprint density at radius 3 is 2.24 bits per heavy atom. The summed E-state index contributed by atoms with van der Waals surface area (Å²) < 4.78 is 5.56. The Labute approximate surface area is 199 Å². The van der Waals surface area contributed by atoms with Crippen LogP contribution in [0.2, 0.25) is 0 Å². The molecule has 7 heteroatoms. The molecule has 3 N–H and O–H groups in total. The fourth-order valence-electron chi connectivity index (χ4n) is 4.79. The summed E-state index contributed by atoms with van der Waals surface area (Å²) >= 11 is 0. The summed E-state index contributed by atoms with van der Waals surface area (Å²) in [5, 5.41) is 14.7. The first-order valence-electron chi connectivity index (χ1n) is 12.0. The second-order valence-electron chi connectivity index (χ2n) is 9.41. The number of aliphatic carboxylic acids is 1. The van der Waals surface area contributed by atoms with Gasteiger partial charge in [0.1, 0.15) is 6.61 Å². The van der Waals surface area contributed by atoms with Gasteiger partial charge < -0.3 is 20.5 Å². The van der Waals surface area contributed by atoms with Crippen LogP contribution in [0.5, 0.6) is 0 Å². The van der Waals surface area contributed by atoms with Gasteiger partial charge in [0.25, 0.3) is 0 Å². The molecule has 0 spiro atoms. The average molecular weight is 465 g/mol. The highest BCUT2D eigenvalue weighted by atomic mass is 16.5. The van der Waals surface area contributed by atoms with Crippen LogP contribution in [0.3, 0.4) is 0 Å². The Morgan fingerprint density at radius 1 is 1.03 bits per heavy atom. The van der Waals surface area contributed by atoms with E-state index in [0.29, 0.717) is 18.9 Å². The van der Waals surface area contributed by atoms with Gasteiger partial charge in [0.05, 0.1) is 6.42 Å². The van der Waals surface area contributed by atoms with E-state index in [2.05, 4.69) is 34.9 Å². The van der Waals surface area contributed by atoms with Crippen LogP contribution in [-0.2, 0) is 14.3 Å². The molecule has 0 aliphatic heterocycles. The van der Waals surface area contributed by atoms with Gasteiger partial charge in [0, 0.05) is 24.9 Å². The van der Waals surface area contributed by atoms with Crippen molar-refractivity contribution in [2.75, 3.05) is 13.2 Å². The van der Waals surface area contributed by atoms with Gasteiger partial charge in [0.15, 0.2) is 0 Å². The van der Waals surface area contributed by atoms with Gasteiger partial charge in [-0.05, 0) is 60.3 Å². The number of carboxylic acid groups (broad SMARTS) is 1. The molecule has 180 valence electrons. The number of hydrogen-bond donors (Lipinski definition) is 3. The smallest absolute Gasteiger partial charge is 0.407 e. The maximum absolute atomic E-state index is 12.4. The lowest BCUT2D eigenvalue weighted by molar-refractivity contribution is -0.138. The van der Waals surface area contributed by atoms with Crippen LogP contribution < -0.4 is 10.6 Å². The predicted molar refractivity (Wildman–Crippen MR) is 128 cm³/mol. The minimum Gasteiger partial charge on any atom is -0.481 e. The Balaban J connectivity index is 1.20. The quantitative estimate of drug-likeness (QED) is 0.460. The molecule has 7 nitrogen and oxygen atoms in total. The first kappa shape index (κ1) is 23.8. The average Bonchev–Trinajstić information content (AvgIpc) is 3.62. The second kappa shape index (κ2) is 10.7. The van der Waals surface area contributed by atoms with Crippen molar-refractivity contribution in [1.82, 2.24) is 10.6 Å². The second-order valence-corrected chi connectivity index (χ2v) is 9.41. The van der Waals surface area contributed by atoms with Crippen molar-refractivity contribution in [3.05, 3.63) is 59.7 Å². The highest BCUT2D eigenvalue weighted by molar-refractivity contribution is 5.79. The van der Waals surface area contributed by atoms with E-state index in [-0.39, 0.29) is 43.2 Å². The number of benzene rings is 2. The molecule has 2 amide bonds. The molecule has 0 bridgehead atoms. The SMILES string of the molecule is CC(CCC(=O)NCC(CC(=O)O)C1CC1)NC(=O)OCC1c2ccccc2-c2ccccc21. The molecule has 0 radical (unpaired) electrons. The minimum atomic E-state index is -0.827. The molecule has 2 aliphatic carbocycles. The van der Waals surface area contributed by atoms with Crippen molar-refractivity contribution in [2.24, 2.45) is 11.8 Å². The van der Waals surface area contributed by atoms with Crippen molar-refractivity contribution >= 4 is 18.0 Å². The third-order valence-corrected chi connectivity index (χ3v) is 6.80. The van der Waals surface area contributed by atoms with Gasteiger partial charge in [-0.15, -0.1) is 0 Å². The van der Waals surface area contributed by atoms with E-state index < -0.39 is 12.1 Å². The molecule has 2 unspecified atom stereocenters. The monoisotopic (exact) mass is 464 g/mol. The Bertz CT molecular complexity index is 1000. The highest BCUT2D eigenvalue weighted by Gasteiger charge is 2.33. The molecule has 2 aromatic carbocycles. The molecule has 2 aromatic rings. The van der Waals surface area contributed by atoms with Crippen LogP contribution in [0.25, 0.3) is 11.1 Å². The standard InChI is InChI=1S/C27H32N2O5/c1-17(10-13-25(30)28-15-19(14-26(31)32)18-11-12-18)29-27(33)34-16-24-22-8-4-2-6-20(22)21-7-3-5-9-23(21)24/h2-9,17-19,24H,10-16H2,1H3,(H,28,30)(H,29,33)(H,31,32). The van der Waals surface area contributed by atoms with Crippen LogP contribution in [0.15, 0.2) is 48.5 Å². The molecule has 0 heterocycles. The molecule has 0 aromatic heterocycles. The van der Waals surface area contributed by atoms with Crippen LogP contribution >= 0.6 is 0 Å². The molecule has 2 aliphatic rings. The fourth-order valence-corrected chi connectivity index (χ4v) is 4.79. The molecule has 2 atom stereocenters. The first-order valence-corrected chi connectivity index (χ1v) is 12.0. The van der Waals surface area contributed by atoms with Crippen molar-refractivity contribution in [3.8, 4) is 11.1 Å². The number of carbonyl (C=O) groups excluding carboxylic acids is 2. The zero-order chi connectivity index (χ0) is 24.1. The number of ether oxygens (including phenoxy) is 1. The normalized spacial score (nSPS) is 16.1. The zero-order valence-electron chi connectivity index (χ0n) is 19.5. The number of carboxylic acids is 1. The molecule has 4 rings (SSSR count). The van der Waals surface area contributed by atoms with Crippen LogP contribution in [0.1, 0.15) is 56.1 Å². The highest BCUT2D eigenvalue weighted by Crippen LogP contribution is 2.44. The van der Waals surface area contributed by atoms with E-state index >= 15 is 0 Å². The number of rotatable bonds is 11. The molecular weight excluding hydrogens is 432 g/mol. The summed E-state index contributed by atoms with van der Waals surface area (Å²) in [5.74, 6) is -0.544. The number of carbonyl (C=O) groups is 3. The van der Waals surface area contributed by atoms with Gasteiger partial charge >= 0.3 is 12.1 Å². The predicted octanol–water partition coefficient (Wildman–Crippen LogP) is 4.31. The molecule has 1 saturated carbocycles. The van der Waals surface area contributed by atoms with Crippen molar-refractivity contribution in [3.63, 3.8) is 0 Å². The van der Waals surface area contributed by atoms with E-state index in [9.17, 15) is 14.4 Å². The maximum Gasteiger partial charge on any atom is 0.407 e. The third kappa shape index (κ3) is 5.95. The van der Waals surface area contributed by atoms with Crippen molar-refractivity contribution in [2.45, 2.75) is 51.0 Å². The molecular formula is C27H32N2O5. The van der Waals surface area contributed by atoms with Gasteiger partial charge in [-0.3, -0.25) is 9.59 Å². The summed E-state index contributed by atoms with van der Waals surface area (Å²) in [6, 6.07) is 16.1. The Morgan fingerprint density at radius 2 is 1.65 bits per heavy atom. The van der Waals surface area contributed by atoms with Gasteiger partial charge in [0.2, 0.25) is 5.91 Å². The van der Waals surface area contributed by atoms with E-state index in [0.717, 1.165) is 24.0 Å². The van der Waals surface area contributed by atoms with Gasteiger partial charge in [-0.2, -0.15) is 0 Å². The van der Waals surface area contributed by atoms with E-state index in [1.807, 2.05) is 31.2 Å². The number of fused-ring (bicyclic) bond motifs is 3. The maximum atomic E-state index is 12.4.